The van der Waals surface area contributed by atoms with Crippen LogP contribution in [0.25, 0.3) is 0 Å². The third-order valence-electron chi connectivity index (χ3n) is 1.62. The normalized spacial score (nSPS) is 9.69. The molecule has 0 amide bonds. The average molecular weight is 181 g/mol. The van der Waals surface area contributed by atoms with E-state index in [1.165, 1.54) is 0 Å². The van der Waals surface area contributed by atoms with E-state index in [9.17, 15) is 0 Å². The average Bonchev–Trinajstić information content (AvgIpc) is 2.19. The predicted octanol–water partition coefficient (Wildman–Crippen LogP) is 1.70. The number of nitrogens with one attached hydrogen (secondary N) is 1. The van der Waals surface area contributed by atoms with Crippen LogP contribution < -0.4 is 10.1 Å². The molecule has 0 saturated carbocycles. The van der Waals surface area contributed by atoms with E-state index < -0.39 is 0 Å². The smallest absolute Gasteiger partial charge is 0.234 e. The van der Waals surface area contributed by atoms with Gasteiger partial charge in [-0.2, -0.15) is 4.98 Å². The fourth-order valence-electron chi connectivity index (χ4n) is 0.859. The molecule has 0 atom stereocenters. The van der Waals surface area contributed by atoms with Crippen molar-refractivity contribution in [1.29, 1.82) is 0 Å². The van der Waals surface area contributed by atoms with E-state index in [4.69, 9.17) is 4.74 Å². The van der Waals surface area contributed by atoms with Gasteiger partial charge in [-0.3, -0.25) is 4.98 Å². The van der Waals surface area contributed by atoms with E-state index in [0.29, 0.717) is 12.5 Å². The lowest BCUT2D eigenvalue weighted by Crippen LogP contribution is -2.01. The number of ether oxygens (including phenoxy) is 1. The summed E-state index contributed by atoms with van der Waals surface area (Å²) < 4.78 is 5.38. The van der Waals surface area contributed by atoms with Crippen LogP contribution in [0.15, 0.2) is 12.4 Å². The molecule has 1 heterocycles. The number of hydrogen-bond acceptors (Lipinski definition) is 4. The van der Waals surface area contributed by atoms with Gasteiger partial charge in [0.05, 0.1) is 19.0 Å². The van der Waals surface area contributed by atoms with Crippen molar-refractivity contribution >= 4 is 5.82 Å². The van der Waals surface area contributed by atoms with Crippen molar-refractivity contribution in [3.8, 4) is 5.88 Å². The number of anilines is 1. The molecule has 0 bridgehead atoms. The highest BCUT2D eigenvalue weighted by Gasteiger charge is 1.96. The molecule has 1 rings (SSSR count). The first-order chi connectivity index (χ1) is 6.36. The van der Waals surface area contributed by atoms with Gasteiger partial charge >= 0.3 is 0 Å². The van der Waals surface area contributed by atoms with Gasteiger partial charge in [0, 0.05) is 7.05 Å². The lowest BCUT2D eigenvalue weighted by atomic mass is 10.4. The van der Waals surface area contributed by atoms with Crippen LogP contribution in [0, 0.1) is 0 Å². The molecule has 0 fully saturated rings. The third-order valence-corrected chi connectivity index (χ3v) is 1.62. The number of hydrogen-bond donors (Lipinski definition) is 1. The molecule has 1 aromatic rings. The molecule has 0 aliphatic carbocycles. The molecule has 4 heteroatoms. The van der Waals surface area contributed by atoms with E-state index in [-0.39, 0.29) is 0 Å². The second kappa shape index (κ2) is 5.35. The topological polar surface area (TPSA) is 47.0 Å². The molecule has 4 nitrogen and oxygen atoms in total. The number of aromatic nitrogens is 2. The maximum atomic E-state index is 5.38. The van der Waals surface area contributed by atoms with E-state index >= 15 is 0 Å². The minimum atomic E-state index is 0.584. The Morgan fingerprint density at radius 2 is 2.31 bits per heavy atom. The van der Waals surface area contributed by atoms with Crippen LogP contribution in [-0.2, 0) is 0 Å². The zero-order valence-electron chi connectivity index (χ0n) is 8.08. The number of rotatable bonds is 5. The van der Waals surface area contributed by atoms with Gasteiger partial charge in [0.2, 0.25) is 5.88 Å². The number of nitrogens with zero attached hydrogens (tertiary/aromatic N) is 2. The van der Waals surface area contributed by atoms with Gasteiger partial charge in [-0.25, -0.2) is 0 Å². The van der Waals surface area contributed by atoms with E-state index in [1.54, 1.807) is 19.4 Å². The molecule has 72 valence electrons. The Morgan fingerprint density at radius 1 is 1.46 bits per heavy atom. The molecule has 1 aromatic heterocycles. The molecule has 0 aromatic carbocycles. The van der Waals surface area contributed by atoms with Gasteiger partial charge in [-0.15, -0.1) is 0 Å². The maximum Gasteiger partial charge on any atom is 0.234 e. The van der Waals surface area contributed by atoms with Crippen LogP contribution in [-0.4, -0.2) is 23.6 Å². The van der Waals surface area contributed by atoms with E-state index in [2.05, 4.69) is 22.2 Å². The highest BCUT2D eigenvalue weighted by Crippen LogP contribution is 2.08. The Bertz CT molecular complexity index is 252. The van der Waals surface area contributed by atoms with Crippen molar-refractivity contribution in [3.63, 3.8) is 0 Å². The molecule has 0 saturated heterocycles. The first-order valence-corrected chi connectivity index (χ1v) is 4.49. The van der Waals surface area contributed by atoms with Gasteiger partial charge in [-0.05, 0) is 6.42 Å². The highest BCUT2D eigenvalue weighted by atomic mass is 16.5. The fraction of sp³-hybridized carbons (Fsp3) is 0.556. The Labute approximate surface area is 78.4 Å². The second-order valence-corrected chi connectivity index (χ2v) is 2.69. The van der Waals surface area contributed by atoms with Crippen molar-refractivity contribution in [2.45, 2.75) is 19.8 Å². The lowest BCUT2D eigenvalue weighted by Gasteiger charge is -2.04. The summed E-state index contributed by atoms with van der Waals surface area (Å²) in [6.45, 7) is 2.83. The minimum Gasteiger partial charge on any atom is -0.477 e. The fourth-order valence-corrected chi connectivity index (χ4v) is 0.859. The summed E-state index contributed by atoms with van der Waals surface area (Å²) in [5.74, 6) is 1.31. The van der Waals surface area contributed by atoms with Gasteiger partial charge in [-0.1, -0.05) is 13.3 Å². The van der Waals surface area contributed by atoms with Crippen LogP contribution in [0.3, 0.4) is 0 Å². The summed E-state index contributed by atoms with van der Waals surface area (Å²) in [5.41, 5.74) is 0. The van der Waals surface area contributed by atoms with Crippen molar-refractivity contribution in [2.24, 2.45) is 0 Å². The summed E-state index contributed by atoms with van der Waals surface area (Å²) in [7, 11) is 1.81. The highest BCUT2D eigenvalue weighted by molar-refractivity contribution is 5.31. The minimum absolute atomic E-state index is 0.584. The Hall–Kier alpha value is -1.32. The summed E-state index contributed by atoms with van der Waals surface area (Å²) in [6.07, 6.45) is 5.45. The van der Waals surface area contributed by atoms with E-state index in [1.807, 2.05) is 0 Å². The molecule has 0 aliphatic rings. The quantitative estimate of drug-likeness (QED) is 0.702. The molecular formula is C9H15N3O. The summed E-state index contributed by atoms with van der Waals surface area (Å²) in [5, 5.41) is 2.90. The maximum absolute atomic E-state index is 5.38. The van der Waals surface area contributed by atoms with Gasteiger partial charge in [0.15, 0.2) is 0 Å². The first-order valence-electron chi connectivity index (χ1n) is 4.49. The van der Waals surface area contributed by atoms with Crippen LogP contribution in [0.5, 0.6) is 5.88 Å². The van der Waals surface area contributed by atoms with E-state index in [0.717, 1.165) is 18.7 Å². The number of unbranched alkanes of at least 4 members (excludes halogenated alkanes) is 1. The summed E-state index contributed by atoms with van der Waals surface area (Å²) >= 11 is 0. The van der Waals surface area contributed by atoms with Gasteiger partial charge < -0.3 is 10.1 Å². The molecule has 0 unspecified atom stereocenters. The van der Waals surface area contributed by atoms with Crippen LogP contribution in [0.1, 0.15) is 19.8 Å². The van der Waals surface area contributed by atoms with Crippen molar-refractivity contribution in [1.82, 2.24) is 9.97 Å². The molecule has 1 N–H and O–H groups in total. The Morgan fingerprint density at radius 3 is 3.00 bits per heavy atom. The van der Waals surface area contributed by atoms with Crippen LogP contribution in [0.2, 0.25) is 0 Å². The Balaban J connectivity index is 2.46. The van der Waals surface area contributed by atoms with Crippen molar-refractivity contribution < 1.29 is 4.74 Å². The largest absolute Gasteiger partial charge is 0.477 e. The van der Waals surface area contributed by atoms with Crippen LogP contribution in [0.4, 0.5) is 5.82 Å². The SMILES string of the molecule is CCCCOc1cncc(NC)n1. The van der Waals surface area contributed by atoms with Gasteiger partial charge in [0.25, 0.3) is 0 Å². The zero-order valence-corrected chi connectivity index (χ0v) is 8.08. The second-order valence-electron chi connectivity index (χ2n) is 2.69. The first kappa shape index (κ1) is 9.77. The third kappa shape index (κ3) is 3.27. The standard InChI is InChI=1S/C9H15N3O/c1-3-4-5-13-9-7-11-6-8(10-2)12-9/h6-7H,3-5H2,1-2H3,(H,10,12). The molecule has 13 heavy (non-hydrogen) atoms. The van der Waals surface area contributed by atoms with Gasteiger partial charge in [0.1, 0.15) is 5.82 Å². The molecule has 0 radical (unpaired) electrons. The van der Waals surface area contributed by atoms with Crippen LogP contribution >= 0.6 is 0 Å². The molecular weight excluding hydrogens is 166 g/mol. The molecule has 0 spiro atoms. The predicted molar refractivity (Wildman–Crippen MR) is 52.0 cm³/mol. The van der Waals surface area contributed by atoms with Crippen molar-refractivity contribution in [2.75, 3.05) is 19.0 Å². The van der Waals surface area contributed by atoms with Crippen molar-refractivity contribution in [3.05, 3.63) is 12.4 Å². The lowest BCUT2D eigenvalue weighted by molar-refractivity contribution is 0.297. The summed E-state index contributed by atoms with van der Waals surface area (Å²) in [4.78, 5) is 8.15. The zero-order chi connectivity index (χ0) is 9.52. The summed E-state index contributed by atoms with van der Waals surface area (Å²) in [6, 6.07) is 0. The molecule has 0 aliphatic heterocycles. The monoisotopic (exact) mass is 181 g/mol. The Kier molecular flexibility index (Phi) is 4.02.